The van der Waals surface area contributed by atoms with E-state index in [1.165, 1.54) is 33.1 Å². The van der Waals surface area contributed by atoms with E-state index in [9.17, 15) is 24.6 Å². The number of rotatable bonds is 5. The third-order valence-corrected chi connectivity index (χ3v) is 7.38. The van der Waals surface area contributed by atoms with Crippen LogP contribution in [0.15, 0.2) is 59.6 Å². The van der Waals surface area contributed by atoms with Crippen LogP contribution in [0.3, 0.4) is 0 Å². The molecule has 0 saturated carbocycles. The average Bonchev–Trinajstić information content (AvgIpc) is 3.16. The van der Waals surface area contributed by atoms with Crippen LogP contribution in [0.5, 0.6) is 17.2 Å². The van der Waals surface area contributed by atoms with Gasteiger partial charge in [0.1, 0.15) is 39.6 Å². The number of nitrogens with one attached hydrogen (secondary N) is 1. The Labute approximate surface area is 219 Å². The number of aryl methyl sites for hydroxylation is 2. The summed E-state index contributed by atoms with van der Waals surface area (Å²) in [5.74, 6) is -2.78. The molecule has 3 N–H and O–H groups in total. The summed E-state index contributed by atoms with van der Waals surface area (Å²) in [6, 6.07) is 11.4. The highest BCUT2D eigenvalue weighted by atomic mass is 16.5. The van der Waals surface area contributed by atoms with E-state index in [2.05, 4.69) is 11.4 Å². The zero-order valence-electron chi connectivity index (χ0n) is 21.7. The van der Waals surface area contributed by atoms with Gasteiger partial charge in [0.05, 0.1) is 12.7 Å². The SMILES string of the molecule is COc1cc(O)c2c(c1C(=O)NCc1c(C)ccc3cc(C)ccc13)OC1=CC(O)=C(C(C)=O)C(=O)[C@]12C. The van der Waals surface area contributed by atoms with Crippen LogP contribution in [-0.4, -0.2) is 34.8 Å². The number of ketones is 2. The molecule has 0 unspecified atom stereocenters. The second-order valence-electron chi connectivity index (χ2n) is 9.83. The molecule has 3 aromatic carbocycles. The summed E-state index contributed by atoms with van der Waals surface area (Å²) >= 11 is 0. The molecule has 1 heterocycles. The number of hydrogen-bond acceptors (Lipinski definition) is 7. The lowest BCUT2D eigenvalue weighted by Gasteiger charge is -2.27. The fourth-order valence-corrected chi connectivity index (χ4v) is 5.33. The summed E-state index contributed by atoms with van der Waals surface area (Å²) in [7, 11) is 1.35. The number of phenols is 1. The minimum atomic E-state index is -1.61. The van der Waals surface area contributed by atoms with Crippen LogP contribution in [0, 0.1) is 13.8 Å². The number of hydrogen-bond donors (Lipinski definition) is 3. The summed E-state index contributed by atoms with van der Waals surface area (Å²) in [4.78, 5) is 39.2. The van der Waals surface area contributed by atoms with Gasteiger partial charge in [-0.3, -0.25) is 14.4 Å². The lowest BCUT2D eigenvalue weighted by atomic mass is 9.71. The number of methoxy groups -OCH3 is 1. The predicted octanol–water partition coefficient (Wildman–Crippen LogP) is 4.62. The smallest absolute Gasteiger partial charge is 0.259 e. The number of phenolic OH excluding ortho intramolecular Hbond substituents is 1. The van der Waals surface area contributed by atoms with Crippen LogP contribution in [0.4, 0.5) is 0 Å². The van der Waals surface area contributed by atoms with Crippen molar-refractivity contribution in [2.45, 2.75) is 39.7 Å². The predicted molar refractivity (Wildman–Crippen MR) is 141 cm³/mol. The molecule has 1 aliphatic carbocycles. The van der Waals surface area contributed by atoms with Crippen molar-refractivity contribution in [2.75, 3.05) is 7.11 Å². The highest BCUT2D eigenvalue weighted by Crippen LogP contribution is 2.56. The second kappa shape index (κ2) is 8.76. The van der Waals surface area contributed by atoms with Crippen molar-refractivity contribution in [3.05, 3.63) is 87.4 Å². The molecule has 38 heavy (non-hydrogen) atoms. The summed E-state index contributed by atoms with van der Waals surface area (Å²) in [5, 5.41) is 26.3. The van der Waals surface area contributed by atoms with E-state index >= 15 is 0 Å². The Kier molecular flexibility index (Phi) is 5.78. The fourth-order valence-electron chi connectivity index (χ4n) is 5.33. The third-order valence-electron chi connectivity index (χ3n) is 7.38. The van der Waals surface area contributed by atoms with Gasteiger partial charge in [-0.15, -0.1) is 0 Å². The van der Waals surface area contributed by atoms with Gasteiger partial charge in [-0.05, 0) is 49.6 Å². The van der Waals surface area contributed by atoms with Crippen LogP contribution in [0.1, 0.15) is 46.5 Å². The molecule has 2 aliphatic rings. The standard InChI is InChI=1S/C30H27NO7/c1-14-6-9-18-17(10-14)8-7-15(2)19(18)13-31-29(36)25-22(37-5)11-21(34)26-27(25)38-23-12-20(33)24(16(3)32)28(35)30(23,26)4/h6-12,33-34H,13H2,1-5H3,(H,31,36)/t30-/m1/s1. The Morgan fingerprint density at radius 1 is 1.11 bits per heavy atom. The topological polar surface area (TPSA) is 122 Å². The normalized spacial score (nSPS) is 18.0. The molecule has 1 aliphatic heterocycles. The van der Waals surface area contributed by atoms with Gasteiger partial charge in [0.25, 0.3) is 5.91 Å². The van der Waals surface area contributed by atoms with E-state index in [1.54, 1.807) is 0 Å². The molecular formula is C30H27NO7. The summed E-state index contributed by atoms with van der Waals surface area (Å²) in [5.41, 5.74) is 1.10. The average molecular weight is 514 g/mol. The molecular weight excluding hydrogens is 486 g/mol. The highest BCUT2D eigenvalue weighted by Gasteiger charge is 2.55. The minimum Gasteiger partial charge on any atom is -0.507 e. The molecule has 0 radical (unpaired) electrons. The molecule has 0 bridgehead atoms. The van der Waals surface area contributed by atoms with Gasteiger partial charge >= 0.3 is 0 Å². The van der Waals surface area contributed by atoms with Crippen molar-refractivity contribution in [2.24, 2.45) is 0 Å². The van der Waals surface area contributed by atoms with Crippen molar-refractivity contribution < 1.29 is 34.1 Å². The van der Waals surface area contributed by atoms with Gasteiger partial charge in [0, 0.05) is 18.7 Å². The van der Waals surface area contributed by atoms with E-state index in [1.807, 2.05) is 38.1 Å². The molecule has 1 atom stereocenters. The molecule has 5 rings (SSSR count). The van der Waals surface area contributed by atoms with Gasteiger partial charge in [0.2, 0.25) is 0 Å². The number of Topliss-reactive ketones (excluding diaryl/α,β-unsaturated/α-hetero) is 2. The van der Waals surface area contributed by atoms with Gasteiger partial charge < -0.3 is 25.0 Å². The van der Waals surface area contributed by atoms with Crippen molar-refractivity contribution in [3.63, 3.8) is 0 Å². The maximum absolute atomic E-state index is 13.6. The number of fused-ring (bicyclic) bond motifs is 4. The first-order valence-electron chi connectivity index (χ1n) is 12.1. The molecule has 8 heteroatoms. The fraction of sp³-hybridized carbons (Fsp3) is 0.233. The lowest BCUT2D eigenvalue weighted by molar-refractivity contribution is -0.123. The summed E-state index contributed by atoms with van der Waals surface area (Å²) in [6.07, 6.45) is 1.17. The van der Waals surface area contributed by atoms with Crippen molar-refractivity contribution in [1.82, 2.24) is 5.32 Å². The van der Waals surface area contributed by atoms with E-state index in [-0.39, 0.29) is 40.7 Å². The molecule has 0 fully saturated rings. The number of aliphatic hydroxyl groups is 1. The Bertz CT molecular complexity index is 1650. The number of amides is 1. The van der Waals surface area contributed by atoms with Crippen LogP contribution in [-0.2, 0) is 21.5 Å². The first kappa shape index (κ1) is 25.1. The second-order valence-corrected chi connectivity index (χ2v) is 9.83. The van der Waals surface area contributed by atoms with Gasteiger partial charge in [-0.1, -0.05) is 35.9 Å². The Balaban J connectivity index is 1.58. The van der Waals surface area contributed by atoms with Crippen molar-refractivity contribution >= 4 is 28.2 Å². The molecule has 0 aromatic heterocycles. The quantitative estimate of drug-likeness (QED) is 0.426. The zero-order valence-corrected chi connectivity index (χ0v) is 21.7. The number of aliphatic hydroxyl groups excluding tert-OH is 1. The number of allylic oxidation sites excluding steroid dienone is 3. The summed E-state index contributed by atoms with van der Waals surface area (Å²) < 4.78 is 11.4. The van der Waals surface area contributed by atoms with Crippen LogP contribution in [0.25, 0.3) is 10.8 Å². The van der Waals surface area contributed by atoms with Gasteiger partial charge in [-0.2, -0.15) is 0 Å². The monoisotopic (exact) mass is 513 g/mol. The van der Waals surface area contributed by atoms with E-state index in [0.717, 1.165) is 27.5 Å². The molecule has 3 aromatic rings. The first-order chi connectivity index (χ1) is 18.0. The third kappa shape index (κ3) is 3.55. The van der Waals surface area contributed by atoms with Crippen molar-refractivity contribution in [1.29, 1.82) is 0 Å². The number of carbonyl (C=O) groups excluding carboxylic acids is 3. The Morgan fingerprint density at radius 2 is 1.84 bits per heavy atom. The largest absolute Gasteiger partial charge is 0.507 e. The van der Waals surface area contributed by atoms with Crippen LogP contribution < -0.4 is 14.8 Å². The number of aromatic hydroxyl groups is 1. The number of ether oxygens (including phenoxy) is 2. The van der Waals surface area contributed by atoms with Gasteiger partial charge in [0.15, 0.2) is 17.3 Å². The van der Waals surface area contributed by atoms with Crippen LogP contribution >= 0.6 is 0 Å². The van der Waals surface area contributed by atoms with E-state index in [0.29, 0.717) is 0 Å². The van der Waals surface area contributed by atoms with Crippen molar-refractivity contribution in [3.8, 4) is 17.2 Å². The maximum atomic E-state index is 13.6. The Morgan fingerprint density at radius 3 is 2.53 bits per heavy atom. The van der Waals surface area contributed by atoms with E-state index in [4.69, 9.17) is 9.47 Å². The zero-order chi connectivity index (χ0) is 27.5. The molecule has 8 nitrogen and oxygen atoms in total. The lowest BCUT2D eigenvalue weighted by Crippen LogP contribution is -2.38. The molecule has 0 spiro atoms. The minimum absolute atomic E-state index is 0.00197. The first-order valence-corrected chi connectivity index (χ1v) is 12.1. The maximum Gasteiger partial charge on any atom is 0.259 e. The number of carbonyl (C=O) groups is 3. The van der Waals surface area contributed by atoms with Gasteiger partial charge in [-0.25, -0.2) is 0 Å². The number of benzene rings is 3. The molecule has 194 valence electrons. The Hall–Kier alpha value is -4.59. The summed E-state index contributed by atoms with van der Waals surface area (Å²) in [6.45, 7) is 6.85. The molecule has 0 saturated heterocycles. The highest BCUT2D eigenvalue weighted by molar-refractivity contribution is 6.25. The van der Waals surface area contributed by atoms with Crippen LogP contribution in [0.2, 0.25) is 0 Å². The van der Waals surface area contributed by atoms with E-state index < -0.39 is 34.2 Å². The molecule has 1 amide bonds.